The molecule has 5 nitrogen and oxygen atoms in total. The maximum atomic E-state index is 11.7. The molecular formula is C10H7Cl2NO4S. The molecule has 96 valence electrons. The predicted molar refractivity (Wildman–Crippen MR) is 67.5 cm³/mol. The van der Waals surface area contributed by atoms with Gasteiger partial charge in [0, 0.05) is 15.3 Å². The summed E-state index contributed by atoms with van der Waals surface area (Å²) >= 11 is 11.3. The smallest absolute Gasteiger partial charge is 0.405 e. The molecule has 0 saturated carbocycles. The van der Waals surface area contributed by atoms with Gasteiger partial charge in [0.15, 0.2) is 0 Å². The molecule has 0 fully saturated rings. The van der Waals surface area contributed by atoms with E-state index in [1.807, 2.05) is 10.6 Å². The summed E-state index contributed by atoms with van der Waals surface area (Å²) < 4.78 is 23.4. The summed E-state index contributed by atoms with van der Waals surface area (Å²) in [5.41, 5.74) is 0. The Morgan fingerprint density at radius 3 is 2.33 bits per heavy atom. The number of nitrogens with one attached hydrogen (secondary N) is 1. The Bertz CT molecular complexity index is 611. The highest BCUT2D eigenvalue weighted by atomic mass is 35.5. The number of sulfone groups is 1. The molecule has 1 aromatic carbocycles. The standard InChI is InChI=1S/C10H7Cl2NO4S/c11-7-4-8(12)6-9(5-7)18(16,17)3-1-2-13-10(14)15/h4-6,13H,2H2,(H,14,15). The van der Waals surface area contributed by atoms with Crippen LogP contribution in [0.4, 0.5) is 4.79 Å². The molecule has 0 aliphatic heterocycles. The van der Waals surface area contributed by atoms with Crippen LogP contribution in [0.3, 0.4) is 0 Å². The lowest BCUT2D eigenvalue weighted by atomic mass is 10.4. The van der Waals surface area contributed by atoms with Crippen molar-refractivity contribution in [3.05, 3.63) is 28.2 Å². The van der Waals surface area contributed by atoms with Crippen LogP contribution in [0.5, 0.6) is 0 Å². The van der Waals surface area contributed by atoms with Crippen molar-refractivity contribution in [3.63, 3.8) is 0 Å². The van der Waals surface area contributed by atoms with Crippen LogP contribution in [-0.2, 0) is 9.84 Å². The van der Waals surface area contributed by atoms with Crippen LogP contribution in [0, 0.1) is 11.2 Å². The summed E-state index contributed by atoms with van der Waals surface area (Å²) in [6.07, 6.45) is -1.28. The number of carboxylic acid groups (broad SMARTS) is 1. The summed E-state index contributed by atoms with van der Waals surface area (Å²) in [6.45, 7) is -0.289. The van der Waals surface area contributed by atoms with Crippen LogP contribution < -0.4 is 5.32 Å². The normalized spacial score (nSPS) is 10.3. The van der Waals surface area contributed by atoms with Gasteiger partial charge < -0.3 is 10.4 Å². The molecule has 1 rings (SSSR count). The number of hydrogen-bond acceptors (Lipinski definition) is 3. The predicted octanol–water partition coefficient (Wildman–Crippen LogP) is 2.00. The van der Waals surface area contributed by atoms with Crippen molar-refractivity contribution in [1.82, 2.24) is 5.32 Å². The summed E-state index contributed by atoms with van der Waals surface area (Å²) in [5, 5.41) is 12.5. The number of benzene rings is 1. The van der Waals surface area contributed by atoms with Crippen molar-refractivity contribution in [1.29, 1.82) is 0 Å². The lowest BCUT2D eigenvalue weighted by Crippen LogP contribution is -2.20. The van der Waals surface area contributed by atoms with E-state index in [1.54, 1.807) is 0 Å². The van der Waals surface area contributed by atoms with E-state index in [4.69, 9.17) is 28.3 Å². The van der Waals surface area contributed by atoms with Gasteiger partial charge in [-0.3, -0.25) is 0 Å². The average Bonchev–Trinajstić information content (AvgIpc) is 2.23. The minimum Gasteiger partial charge on any atom is -0.465 e. The van der Waals surface area contributed by atoms with Crippen molar-refractivity contribution in [2.45, 2.75) is 4.90 Å². The van der Waals surface area contributed by atoms with Gasteiger partial charge in [-0.2, -0.15) is 0 Å². The molecule has 0 aliphatic rings. The quantitative estimate of drug-likeness (QED) is 0.646. The molecule has 8 heteroatoms. The summed E-state index contributed by atoms with van der Waals surface area (Å²) in [5.74, 6) is 2.18. The minimum absolute atomic E-state index is 0.136. The molecule has 0 spiro atoms. The highest BCUT2D eigenvalue weighted by Crippen LogP contribution is 2.22. The van der Waals surface area contributed by atoms with Gasteiger partial charge in [0.25, 0.3) is 0 Å². The van der Waals surface area contributed by atoms with Gasteiger partial charge in [-0.1, -0.05) is 29.1 Å². The third kappa shape index (κ3) is 4.45. The van der Waals surface area contributed by atoms with Crippen molar-refractivity contribution >= 4 is 39.1 Å². The van der Waals surface area contributed by atoms with Crippen LogP contribution in [0.2, 0.25) is 10.0 Å². The third-order valence-electron chi connectivity index (χ3n) is 1.68. The van der Waals surface area contributed by atoms with Gasteiger partial charge in [-0.15, -0.1) is 0 Å². The van der Waals surface area contributed by atoms with Gasteiger partial charge in [0.1, 0.15) is 0 Å². The zero-order valence-electron chi connectivity index (χ0n) is 8.78. The van der Waals surface area contributed by atoms with E-state index in [0.29, 0.717) is 0 Å². The molecule has 1 amide bonds. The second kappa shape index (κ2) is 5.96. The second-order valence-electron chi connectivity index (χ2n) is 3.05. The average molecular weight is 308 g/mol. The highest BCUT2D eigenvalue weighted by Gasteiger charge is 2.12. The van der Waals surface area contributed by atoms with Crippen molar-refractivity contribution in [2.24, 2.45) is 0 Å². The molecule has 0 heterocycles. The van der Waals surface area contributed by atoms with E-state index >= 15 is 0 Å². The van der Waals surface area contributed by atoms with Crippen LogP contribution in [-0.4, -0.2) is 26.2 Å². The zero-order valence-corrected chi connectivity index (χ0v) is 11.1. The maximum absolute atomic E-state index is 11.7. The fourth-order valence-corrected chi connectivity index (χ4v) is 2.59. The van der Waals surface area contributed by atoms with E-state index in [-0.39, 0.29) is 21.5 Å². The van der Waals surface area contributed by atoms with Crippen LogP contribution in [0.15, 0.2) is 23.1 Å². The molecular weight excluding hydrogens is 301 g/mol. The summed E-state index contributed by atoms with van der Waals surface area (Å²) in [7, 11) is -3.87. The first-order valence-electron chi connectivity index (χ1n) is 4.49. The number of amides is 1. The fourth-order valence-electron chi connectivity index (χ4n) is 0.994. The Morgan fingerprint density at radius 2 is 1.83 bits per heavy atom. The Labute approximate surface area is 114 Å². The van der Waals surface area contributed by atoms with E-state index < -0.39 is 15.9 Å². The van der Waals surface area contributed by atoms with Crippen LogP contribution >= 0.6 is 23.2 Å². The first kappa shape index (κ1) is 14.6. The molecule has 2 N–H and O–H groups in total. The summed E-state index contributed by atoms with van der Waals surface area (Å²) in [6, 6.07) is 3.81. The molecule has 0 bridgehead atoms. The topological polar surface area (TPSA) is 83.5 Å². The van der Waals surface area contributed by atoms with E-state index in [0.717, 1.165) is 0 Å². The largest absolute Gasteiger partial charge is 0.465 e. The molecule has 1 aromatic rings. The fraction of sp³-hybridized carbons (Fsp3) is 0.100. The van der Waals surface area contributed by atoms with E-state index in [9.17, 15) is 13.2 Å². The highest BCUT2D eigenvalue weighted by molar-refractivity contribution is 7.96. The van der Waals surface area contributed by atoms with Gasteiger partial charge in [-0.05, 0) is 18.2 Å². The lowest BCUT2D eigenvalue weighted by molar-refractivity contribution is 0.196. The van der Waals surface area contributed by atoms with Crippen LogP contribution in [0.25, 0.3) is 0 Å². The number of carbonyl (C=O) groups is 1. The Kier molecular flexibility index (Phi) is 4.84. The monoisotopic (exact) mass is 307 g/mol. The van der Waals surface area contributed by atoms with Gasteiger partial charge in [0.05, 0.1) is 11.4 Å². The number of hydrogen-bond donors (Lipinski definition) is 2. The SMILES string of the molecule is O=C(O)NCC#CS(=O)(=O)c1cc(Cl)cc(Cl)c1. The zero-order chi connectivity index (χ0) is 13.8. The van der Waals surface area contributed by atoms with E-state index in [2.05, 4.69) is 5.92 Å². The third-order valence-corrected chi connectivity index (χ3v) is 3.39. The van der Waals surface area contributed by atoms with Crippen LogP contribution in [0.1, 0.15) is 0 Å². The van der Waals surface area contributed by atoms with Crippen molar-refractivity contribution in [2.75, 3.05) is 6.54 Å². The lowest BCUT2D eigenvalue weighted by Gasteiger charge is -1.99. The number of halogens is 2. The maximum Gasteiger partial charge on any atom is 0.405 e. The van der Waals surface area contributed by atoms with Crippen molar-refractivity contribution in [3.8, 4) is 11.2 Å². The van der Waals surface area contributed by atoms with Gasteiger partial charge in [0.2, 0.25) is 9.84 Å². The Balaban J connectivity index is 2.96. The second-order valence-corrected chi connectivity index (χ2v) is 5.60. The minimum atomic E-state index is -3.87. The molecule has 18 heavy (non-hydrogen) atoms. The Morgan fingerprint density at radius 1 is 1.28 bits per heavy atom. The Hall–Kier alpha value is -1.42. The van der Waals surface area contributed by atoms with E-state index in [1.165, 1.54) is 18.2 Å². The number of rotatable bonds is 2. The molecule has 0 aliphatic carbocycles. The first-order chi connectivity index (χ1) is 8.31. The van der Waals surface area contributed by atoms with Gasteiger partial charge >= 0.3 is 6.09 Å². The molecule has 0 unspecified atom stereocenters. The summed E-state index contributed by atoms with van der Waals surface area (Å²) in [4.78, 5) is 9.98. The molecule has 0 atom stereocenters. The molecule has 0 aromatic heterocycles. The molecule has 0 saturated heterocycles. The molecule has 0 radical (unpaired) electrons. The van der Waals surface area contributed by atoms with Crippen molar-refractivity contribution < 1.29 is 18.3 Å². The first-order valence-corrected chi connectivity index (χ1v) is 6.73. The van der Waals surface area contributed by atoms with Gasteiger partial charge in [-0.25, -0.2) is 13.2 Å².